The van der Waals surface area contributed by atoms with Gasteiger partial charge >= 0.3 is 5.97 Å². The molecule has 6 nitrogen and oxygen atoms in total. The van der Waals surface area contributed by atoms with Crippen LogP contribution in [0.25, 0.3) is 0 Å². The van der Waals surface area contributed by atoms with Crippen LogP contribution in [0.5, 0.6) is 0 Å². The van der Waals surface area contributed by atoms with Gasteiger partial charge in [0.15, 0.2) is 5.82 Å². The fourth-order valence-electron chi connectivity index (χ4n) is 3.04. The van der Waals surface area contributed by atoms with E-state index in [2.05, 4.69) is 15.5 Å². The van der Waals surface area contributed by atoms with Crippen LogP contribution in [0.1, 0.15) is 62.6 Å². The zero-order valence-corrected chi connectivity index (χ0v) is 12.5. The molecule has 2 fully saturated rings. The van der Waals surface area contributed by atoms with E-state index >= 15 is 0 Å². The van der Waals surface area contributed by atoms with Crippen LogP contribution in [-0.4, -0.2) is 29.3 Å². The fraction of sp³-hybridized carbons (Fsp3) is 0.800. The minimum atomic E-state index is -0.110. The molecule has 1 heterocycles. The third-order valence-electron chi connectivity index (χ3n) is 4.45. The van der Waals surface area contributed by atoms with Crippen LogP contribution < -0.4 is 5.32 Å². The summed E-state index contributed by atoms with van der Waals surface area (Å²) in [6, 6.07) is 0.142. The van der Waals surface area contributed by atoms with E-state index in [1.165, 1.54) is 13.5 Å². The lowest BCUT2D eigenvalue weighted by Gasteiger charge is -2.23. The molecule has 3 rings (SSSR count). The maximum Gasteiger partial charge on any atom is 0.310 e. The van der Waals surface area contributed by atoms with Crippen LogP contribution in [0.4, 0.5) is 0 Å². The van der Waals surface area contributed by atoms with Gasteiger partial charge in [-0.05, 0) is 25.7 Å². The van der Waals surface area contributed by atoms with Crippen LogP contribution in [0.3, 0.4) is 0 Å². The number of carbonyl (C=O) groups excluding carboxylic acids is 1. The summed E-state index contributed by atoms with van der Waals surface area (Å²) in [7, 11) is 1.46. The summed E-state index contributed by atoms with van der Waals surface area (Å²) in [5.74, 6) is 1.75. The minimum Gasteiger partial charge on any atom is -0.469 e. The molecule has 0 aliphatic heterocycles. The molecule has 2 unspecified atom stereocenters. The number of ether oxygens (including phenoxy) is 1. The Morgan fingerprint density at radius 2 is 2.10 bits per heavy atom. The van der Waals surface area contributed by atoms with Gasteiger partial charge in [-0.15, -0.1) is 0 Å². The molecule has 2 aliphatic carbocycles. The van der Waals surface area contributed by atoms with Crippen molar-refractivity contribution in [2.24, 2.45) is 5.92 Å². The first-order valence-corrected chi connectivity index (χ1v) is 7.91. The summed E-state index contributed by atoms with van der Waals surface area (Å²) < 4.78 is 10.2. The van der Waals surface area contributed by atoms with Gasteiger partial charge < -0.3 is 14.6 Å². The Morgan fingerprint density at radius 1 is 1.29 bits per heavy atom. The normalized spacial score (nSPS) is 26.3. The van der Waals surface area contributed by atoms with E-state index in [0.29, 0.717) is 18.3 Å². The van der Waals surface area contributed by atoms with Crippen molar-refractivity contribution in [1.29, 1.82) is 0 Å². The molecule has 116 valence electrons. The number of carbonyl (C=O) groups is 1. The Bertz CT molecular complexity index is 484. The average Bonchev–Trinajstić information content (AvgIpc) is 3.29. The van der Waals surface area contributed by atoms with Gasteiger partial charge in [0.25, 0.3) is 0 Å². The van der Waals surface area contributed by atoms with Crippen LogP contribution >= 0.6 is 0 Å². The monoisotopic (exact) mass is 293 g/mol. The van der Waals surface area contributed by atoms with Crippen molar-refractivity contribution < 1.29 is 14.1 Å². The molecule has 0 radical (unpaired) electrons. The highest BCUT2D eigenvalue weighted by Gasteiger charge is 2.31. The van der Waals surface area contributed by atoms with E-state index < -0.39 is 0 Å². The van der Waals surface area contributed by atoms with Crippen LogP contribution in [-0.2, 0) is 16.1 Å². The van der Waals surface area contributed by atoms with Gasteiger partial charge in [-0.2, -0.15) is 4.98 Å². The second-order valence-corrected chi connectivity index (χ2v) is 6.08. The lowest BCUT2D eigenvalue weighted by molar-refractivity contribution is -0.146. The molecule has 1 aromatic heterocycles. The van der Waals surface area contributed by atoms with E-state index in [9.17, 15) is 4.79 Å². The van der Waals surface area contributed by atoms with Gasteiger partial charge in [0.05, 0.1) is 19.6 Å². The second kappa shape index (κ2) is 6.56. The molecule has 0 bridgehead atoms. The van der Waals surface area contributed by atoms with E-state index in [0.717, 1.165) is 44.4 Å². The predicted octanol–water partition coefficient (Wildman–Crippen LogP) is 2.16. The van der Waals surface area contributed by atoms with E-state index in [4.69, 9.17) is 9.26 Å². The Morgan fingerprint density at radius 3 is 2.86 bits per heavy atom. The second-order valence-electron chi connectivity index (χ2n) is 6.08. The number of esters is 1. The molecule has 2 saturated carbocycles. The maximum absolute atomic E-state index is 11.9. The van der Waals surface area contributed by atoms with Crippen molar-refractivity contribution in [1.82, 2.24) is 15.5 Å². The molecule has 1 aromatic rings. The molecule has 1 N–H and O–H groups in total. The van der Waals surface area contributed by atoms with Gasteiger partial charge in [0, 0.05) is 12.0 Å². The third kappa shape index (κ3) is 3.61. The van der Waals surface area contributed by atoms with Crippen molar-refractivity contribution in [2.45, 2.75) is 63.5 Å². The van der Waals surface area contributed by atoms with E-state index in [-0.39, 0.29) is 17.9 Å². The van der Waals surface area contributed by atoms with Gasteiger partial charge in [0.1, 0.15) is 0 Å². The highest BCUT2D eigenvalue weighted by Crippen LogP contribution is 2.38. The van der Waals surface area contributed by atoms with Crippen molar-refractivity contribution >= 4 is 5.97 Å². The predicted molar refractivity (Wildman–Crippen MR) is 75.5 cm³/mol. The zero-order valence-electron chi connectivity index (χ0n) is 12.5. The Hall–Kier alpha value is -1.43. The quantitative estimate of drug-likeness (QED) is 0.662. The largest absolute Gasteiger partial charge is 0.469 e. The molecule has 21 heavy (non-hydrogen) atoms. The summed E-state index contributed by atoms with van der Waals surface area (Å²) >= 11 is 0. The molecule has 0 saturated heterocycles. The third-order valence-corrected chi connectivity index (χ3v) is 4.45. The molecular weight excluding hydrogens is 270 g/mol. The summed E-state index contributed by atoms with van der Waals surface area (Å²) in [5.41, 5.74) is 0. The smallest absolute Gasteiger partial charge is 0.310 e. The number of nitrogens with zero attached hydrogens (tertiary/aromatic N) is 2. The number of hydrogen-bond acceptors (Lipinski definition) is 6. The number of methoxy groups -OCH3 is 1. The molecule has 6 heteroatoms. The standard InChI is InChI=1S/C15H23N3O3/c1-20-15(19)11-5-3-2-4-6-12(11)16-9-13-17-14(21-18-13)10-7-8-10/h10-12,16H,2-9H2,1H3. The minimum absolute atomic E-state index is 0.0627. The summed E-state index contributed by atoms with van der Waals surface area (Å²) in [6.45, 7) is 0.550. The van der Waals surface area contributed by atoms with Crippen molar-refractivity contribution in [3.63, 3.8) is 0 Å². The van der Waals surface area contributed by atoms with Gasteiger partial charge in [0.2, 0.25) is 5.89 Å². The van der Waals surface area contributed by atoms with Crippen molar-refractivity contribution in [2.75, 3.05) is 7.11 Å². The SMILES string of the molecule is COC(=O)C1CCCCCC1NCc1noc(C2CC2)n1. The Balaban J connectivity index is 1.58. The number of aromatic nitrogens is 2. The highest BCUT2D eigenvalue weighted by atomic mass is 16.5. The lowest BCUT2D eigenvalue weighted by atomic mass is 9.95. The van der Waals surface area contributed by atoms with Gasteiger partial charge in [-0.1, -0.05) is 24.4 Å². The van der Waals surface area contributed by atoms with Gasteiger partial charge in [-0.25, -0.2) is 0 Å². The van der Waals surface area contributed by atoms with Crippen molar-refractivity contribution in [3.8, 4) is 0 Å². The zero-order chi connectivity index (χ0) is 14.7. The summed E-state index contributed by atoms with van der Waals surface area (Å²) in [5, 5.41) is 7.44. The Kier molecular flexibility index (Phi) is 4.53. The number of nitrogens with one attached hydrogen (secondary N) is 1. The topological polar surface area (TPSA) is 77.2 Å². The van der Waals surface area contributed by atoms with Crippen LogP contribution in [0, 0.1) is 5.92 Å². The first-order valence-electron chi connectivity index (χ1n) is 7.91. The molecule has 0 aromatic carbocycles. The number of hydrogen-bond donors (Lipinski definition) is 1. The highest BCUT2D eigenvalue weighted by molar-refractivity contribution is 5.73. The number of rotatable bonds is 5. The fourth-order valence-corrected chi connectivity index (χ4v) is 3.04. The van der Waals surface area contributed by atoms with E-state index in [1.807, 2.05) is 0 Å². The Labute approximate surface area is 124 Å². The van der Waals surface area contributed by atoms with Crippen LogP contribution in [0.15, 0.2) is 4.52 Å². The maximum atomic E-state index is 11.9. The average molecular weight is 293 g/mol. The van der Waals surface area contributed by atoms with Gasteiger partial charge in [-0.3, -0.25) is 4.79 Å². The van der Waals surface area contributed by atoms with Crippen molar-refractivity contribution in [3.05, 3.63) is 11.7 Å². The molecule has 0 amide bonds. The summed E-state index contributed by atoms with van der Waals surface area (Å²) in [4.78, 5) is 16.3. The molecule has 0 spiro atoms. The van der Waals surface area contributed by atoms with Crippen LogP contribution in [0.2, 0.25) is 0 Å². The lowest BCUT2D eigenvalue weighted by Crippen LogP contribution is -2.39. The summed E-state index contributed by atoms with van der Waals surface area (Å²) in [6.07, 6.45) is 7.61. The molecular formula is C15H23N3O3. The van der Waals surface area contributed by atoms with E-state index in [1.54, 1.807) is 0 Å². The molecule has 2 atom stereocenters. The first-order chi connectivity index (χ1) is 10.3. The first kappa shape index (κ1) is 14.5. The molecule has 2 aliphatic rings.